The number of Topliss-reactive ketones (excluding diaryl/α,β-unsaturated/α-hetero) is 1. The highest BCUT2D eigenvalue weighted by Gasteiger charge is 2.39. The largest absolute Gasteiger partial charge is 0.478 e. The SMILES string of the molecule is Cc1ccc(F)cc1Oc1cc(NCCC(F)(F)F)c2ncc(-c3ccc(C(=O)C[C@H]4C[C@@H]4F)c(C)c3)n2c1.Cc1ccc(F)cc1Oc1cc(NCCC(F)(F)F)c2ncc(-c3ccc(C(=O)O)c(C)c3)n2c1. The zero-order chi connectivity index (χ0) is 53.2. The molecule has 0 unspecified atom stereocenters. The monoisotopic (exact) mass is 1030 g/mol. The second-order valence-corrected chi connectivity index (χ2v) is 18.0. The third kappa shape index (κ3) is 12.6. The second-order valence-electron chi connectivity index (χ2n) is 18.0. The van der Waals surface area contributed by atoms with Gasteiger partial charge in [-0.2, -0.15) is 26.3 Å². The molecule has 1 aliphatic carbocycles. The van der Waals surface area contributed by atoms with Crippen LogP contribution in [0.3, 0.4) is 0 Å². The molecule has 1 saturated carbocycles. The lowest BCUT2D eigenvalue weighted by molar-refractivity contribution is -0.132. The van der Waals surface area contributed by atoms with Crippen molar-refractivity contribution in [3.8, 4) is 45.5 Å². The number of aryl methyl sites for hydroxylation is 4. The highest BCUT2D eigenvalue weighted by molar-refractivity contribution is 5.98. The number of halogens is 9. The van der Waals surface area contributed by atoms with Gasteiger partial charge in [-0.15, -0.1) is 0 Å². The minimum atomic E-state index is -4.34. The minimum Gasteiger partial charge on any atom is -0.478 e. The average Bonchev–Trinajstić information content (AvgIpc) is 3.62. The number of aromatic nitrogens is 4. The summed E-state index contributed by atoms with van der Waals surface area (Å²) in [4.78, 5) is 32.8. The van der Waals surface area contributed by atoms with E-state index in [4.69, 9.17) is 9.47 Å². The van der Waals surface area contributed by atoms with Gasteiger partial charge in [-0.1, -0.05) is 30.3 Å². The van der Waals surface area contributed by atoms with Gasteiger partial charge in [0.1, 0.15) is 40.8 Å². The van der Waals surface area contributed by atoms with Gasteiger partial charge in [-0.3, -0.25) is 13.6 Å². The van der Waals surface area contributed by atoms with E-state index in [1.54, 1.807) is 91.5 Å². The molecule has 1 aliphatic rings. The normalized spacial score (nSPS) is 14.4. The molecule has 2 atom stereocenters. The first-order valence-corrected chi connectivity index (χ1v) is 23.1. The molecular weight excluding hydrogens is 984 g/mol. The molecule has 386 valence electrons. The maximum absolute atomic E-state index is 13.9. The zero-order valence-corrected chi connectivity index (χ0v) is 40.1. The number of nitrogens with zero attached hydrogens (tertiary/aromatic N) is 4. The number of carbonyl (C=O) groups excluding carboxylic acids is 1. The second kappa shape index (κ2) is 21.2. The number of aromatic carboxylic acids is 1. The quantitative estimate of drug-likeness (QED) is 0.0639. The molecule has 74 heavy (non-hydrogen) atoms. The molecule has 8 aromatic rings. The van der Waals surface area contributed by atoms with Gasteiger partial charge < -0.3 is 25.2 Å². The van der Waals surface area contributed by atoms with E-state index < -0.39 is 49.0 Å². The fourth-order valence-corrected chi connectivity index (χ4v) is 8.19. The van der Waals surface area contributed by atoms with Gasteiger partial charge in [0.25, 0.3) is 0 Å². The van der Waals surface area contributed by atoms with Crippen molar-refractivity contribution in [1.29, 1.82) is 0 Å². The van der Waals surface area contributed by atoms with Crippen LogP contribution in [0.4, 0.5) is 50.9 Å². The summed E-state index contributed by atoms with van der Waals surface area (Å²) in [5.41, 5.74) is 7.16. The molecule has 9 rings (SSSR count). The summed E-state index contributed by atoms with van der Waals surface area (Å²) in [6.45, 7) is 6.20. The number of carboxylic acids is 1. The Balaban J connectivity index is 0.000000198. The number of alkyl halides is 7. The van der Waals surface area contributed by atoms with Gasteiger partial charge in [0.05, 0.1) is 66.0 Å². The van der Waals surface area contributed by atoms with Crippen LogP contribution in [-0.2, 0) is 0 Å². The molecule has 0 saturated heterocycles. The van der Waals surface area contributed by atoms with Gasteiger partial charge in [-0.25, -0.2) is 27.9 Å². The summed E-state index contributed by atoms with van der Waals surface area (Å²) in [5, 5.41) is 14.9. The van der Waals surface area contributed by atoms with E-state index in [-0.39, 0.29) is 59.8 Å². The molecule has 11 nitrogen and oxygen atoms in total. The van der Waals surface area contributed by atoms with Crippen molar-refractivity contribution in [3.63, 3.8) is 0 Å². The van der Waals surface area contributed by atoms with E-state index in [0.29, 0.717) is 73.9 Å². The van der Waals surface area contributed by atoms with Crippen molar-refractivity contribution >= 4 is 34.4 Å². The molecule has 0 aliphatic heterocycles. The number of hydrogen-bond acceptors (Lipinski definition) is 8. The van der Waals surface area contributed by atoms with Crippen LogP contribution >= 0.6 is 0 Å². The van der Waals surface area contributed by atoms with E-state index in [0.717, 1.165) is 5.56 Å². The Hall–Kier alpha value is -8.03. The van der Waals surface area contributed by atoms with Gasteiger partial charge in [0.2, 0.25) is 0 Å². The van der Waals surface area contributed by atoms with E-state index in [1.807, 2.05) is 6.07 Å². The van der Waals surface area contributed by atoms with Crippen LogP contribution in [0, 0.1) is 45.2 Å². The molecule has 0 bridgehead atoms. The first-order chi connectivity index (χ1) is 35.0. The number of hydrogen-bond donors (Lipinski definition) is 3. The predicted octanol–water partition coefficient (Wildman–Crippen LogP) is 14.5. The highest BCUT2D eigenvalue weighted by atomic mass is 19.4. The van der Waals surface area contributed by atoms with Crippen molar-refractivity contribution in [1.82, 2.24) is 18.8 Å². The van der Waals surface area contributed by atoms with Gasteiger partial charge in [0, 0.05) is 66.4 Å². The van der Waals surface area contributed by atoms with Crippen molar-refractivity contribution in [3.05, 3.63) is 155 Å². The lowest BCUT2D eigenvalue weighted by Gasteiger charge is -2.15. The number of carboxylic acid groups (broad SMARTS) is 1. The Morgan fingerprint density at radius 2 is 1.07 bits per heavy atom. The number of ketones is 1. The topological polar surface area (TPSA) is 131 Å². The predicted molar refractivity (Wildman–Crippen MR) is 260 cm³/mol. The molecule has 4 aromatic carbocycles. The molecule has 20 heteroatoms. The Labute approximate surface area is 417 Å². The van der Waals surface area contributed by atoms with Crippen LogP contribution in [0.15, 0.2) is 110 Å². The first kappa shape index (κ1) is 52.3. The summed E-state index contributed by atoms with van der Waals surface area (Å²) < 4.78 is 133. The molecule has 0 spiro atoms. The Morgan fingerprint density at radius 3 is 1.46 bits per heavy atom. The number of carbonyl (C=O) groups is 2. The Bertz CT molecular complexity index is 3410. The van der Waals surface area contributed by atoms with Crippen LogP contribution in [0.1, 0.15) is 68.7 Å². The standard InChI is InChI=1S/C29H26F5N3O2.C25H21F4N3O3/c1-16-3-5-20(30)12-27(16)39-21-13-24(35-8-7-29(32,33)34)28-36-14-25(37(28)15-21)18-4-6-22(17(2)9-18)26(38)11-19-10-23(19)31;1-14-3-5-17(26)10-22(14)35-18-11-20(30-8-7-25(27,28)29)23-31-12-21(32(23)13-18)16-4-6-19(24(33)34)15(2)9-16/h3-6,9,12-15,19,23,35H,7-8,10-11H2,1-2H3;3-6,9-13,30H,7-8H2,1-2H3,(H,33,34)/t19-,23+;/m1./s1. The molecule has 0 radical (unpaired) electrons. The number of nitrogens with one attached hydrogen (secondary N) is 2. The number of imidazole rings is 2. The van der Waals surface area contributed by atoms with Crippen LogP contribution in [0.25, 0.3) is 33.8 Å². The third-order valence-electron chi connectivity index (χ3n) is 12.2. The van der Waals surface area contributed by atoms with Gasteiger partial charge >= 0.3 is 18.3 Å². The summed E-state index contributed by atoms with van der Waals surface area (Å²) in [6, 6.07) is 21.3. The molecular formula is C54H47F9N6O5. The average molecular weight is 1030 g/mol. The Kier molecular flexibility index (Phi) is 15.0. The summed E-state index contributed by atoms with van der Waals surface area (Å²) in [7, 11) is 0. The van der Waals surface area contributed by atoms with E-state index in [9.17, 15) is 54.2 Å². The van der Waals surface area contributed by atoms with Crippen LogP contribution in [-0.4, -0.2) is 67.2 Å². The van der Waals surface area contributed by atoms with Crippen molar-refractivity contribution in [2.45, 2.75) is 71.9 Å². The minimum absolute atomic E-state index is 0.111. The van der Waals surface area contributed by atoms with Crippen LogP contribution < -0.4 is 20.1 Å². The summed E-state index contributed by atoms with van der Waals surface area (Å²) in [5.74, 6) is -1.32. The maximum atomic E-state index is 13.9. The fraction of sp³-hybridized carbons (Fsp3) is 0.259. The van der Waals surface area contributed by atoms with Crippen molar-refractivity contribution < 1.29 is 63.7 Å². The number of pyridine rings is 2. The van der Waals surface area contributed by atoms with E-state index >= 15 is 0 Å². The van der Waals surface area contributed by atoms with Gasteiger partial charge in [0.15, 0.2) is 17.1 Å². The number of ether oxygens (including phenoxy) is 2. The molecule has 0 amide bonds. The fourth-order valence-electron chi connectivity index (χ4n) is 8.19. The van der Waals surface area contributed by atoms with Crippen molar-refractivity contribution in [2.75, 3.05) is 23.7 Å². The maximum Gasteiger partial charge on any atom is 0.390 e. The molecule has 1 fully saturated rings. The zero-order valence-electron chi connectivity index (χ0n) is 40.1. The summed E-state index contributed by atoms with van der Waals surface area (Å²) in [6.07, 6.45) is -4.73. The van der Waals surface area contributed by atoms with Gasteiger partial charge in [-0.05, 0) is 86.7 Å². The van der Waals surface area contributed by atoms with Crippen molar-refractivity contribution in [2.24, 2.45) is 5.92 Å². The first-order valence-electron chi connectivity index (χ1n) is 23.1. The Morgan fingerprint density at radius 1 is 0.635 bits per heavy atom. The number of anilines is 2. The number of rotatable bonds is 16. The van der Waals surface area contributed by atoms with Crippen LogP contribution in [0.5, 0.6) is 23.0 Å². The molecule has 3 N–H and O–H groups in total. The lowest BCUT2D eigenvalue weighted by atomic mass is 9.98. The molecule has 4 aromatic heterocycles. The highest BCUT2D eigenvalue weighted by Crippen LogP contribution is 2.39. The lowest BCUT2D eigenvalue weighted by Crippen LogP contribution is -2.15. The summed E-state index contributed by atoms with van der Waals surface area (Å²) >= 11 is 0. The third-order valence-corrected chi connectivity index (χ3v) is 12.2. The van der Waals surface area contributed by atoms with E-state index in [2.05, 4.69) is 20.6 Å². The smallest absolute Gasteiger partial charge is 0.390 e. The van der Waals surface area contributed by atoms with Crippen LogP contribution in [0.2, 0.25) is 0 Å². The molecule has 4 heterocycles. The van der Waals surface area contributed by atoms with E-state index in [1.165, 1.54) is 48.7 Å². The number of benzene rings is 4. The number of fused-ring (bicyclic) bond motifs is 2.